The fourth-order valence-electron chi connectivity index (χ4n) is 2.92. The Labute approximate surface area is 318 Å². The van der Waals surface area contributed by atoms with Gasteiger partial charge in [-0.05, 0) is 90.9 Å². The van der Waals surface area contributed by atoms with E-state index in [0.29, 0.717) is 0 Å². The van der Waals surface area contributed by atoms with Crippen LogP contribution in [0.2, 0.25) is 0 Å². The Hall–Kier alpha value is -0.352. The molecule has 44 heavy (non-hydrogen) atoms. The molecule has 0 amide bonds. The second kappa shape index (κ2) is 78.8. The molecule has 4 nitrogen and oxygen atoms in total. The standard InChI is InChI=1S/3C8H12.C5H8O2.2CH4O.6CH3.3Ir/c3*1-2-4-6-8-7-5-3-1;1-4(6)3-5(2)7;2*1-2;;;;;;;;;/h3*1-2,7-8H,3-6H2;3H2,1-2H3;2*2H,1H3;6*1H3;;;/q;;;;;;6*-1;;;/b3*2-1-,8-7?;;;;;;;;;;;;. The molecule has 3 aliphatic rings. The van der Waals surface area contributed by atoms with Gasteiger partial charge in [0.1, 0.15) is 11.6 Å². The quantitative estimate of drug-likeness (QED) is 0.164. The van der Waals surface area contributed by atoms with E-state index in [1.54, 1.807) is 0 Å². The zero-order valence-corrected chi connectivity index (χ0v) is 37.0. The number of carbonyl (C=O) groups excluding carboxylic acids is 2. The zero-order chi connectivity index (χ0) is 26.8. The van der Waals surface area contributed by atoms with Crippen molar-refractivity contribution in [2.24, 2.45) is 0 Å². The van der Waals surface area contributed by atoms with Crippen LogP contribution in [0.3, 0.4) is 0 Å². The molecule has 0 unspecified atom stereocenters. The molecule has 0 aromatic carbocycles. The maximum Gasteiger partial charge on any atom is 0.137 e. The van der Waals surface area contributed by atoms with Crippen molar-refractivity contribution in [3.8, 4) is 0 Å². The summed E-state index contributed by atoms with van der Waals surface area (Å²) in [5.41, 5.74) is 0. The number of ketones is 2. The van der Waals surface area contributed by atoms with Crippen molar-refractivity contribution in [2.45, 2.75) is 97.3 Å². The molecule has 0 aromatic rings. The molecule has 7 heteroatoms. The van der Waals surface area contributed by atoms with E-state index in [0.717, 1.165) is 14.2 Å². The van der Waals surface area contributed by atoms with Gasteiger partial charge in [0.2, 0.25) is 0 Å². The largest absolute Gasteiger partial charge is 0.400 e. The summed E-state index contributed by atoms with van der Waals surface area (Å²) in [5, 5.41) is 14.0. The molecule has 3 rings (SSSR count). The Bertz CT molecular complexity index is 482. The number of Topliss-reactive ketones (excluding diaryl/α,β-unsaturated/α-hetero) is 2. The molecule has 0 bridgehead atoms. The van der Waals surface area contributed by atoms with E-state index in [2.05, 4.69) is 72.9 Å². The van der Waals surface area contributed by atoms with Crippen molar-refractivity contribution in [1.29, 1.82) is 0 Å². The van der Waals surface area contributed by atoms with Crippen molar-refractivity contribution in [3.05, 3.63) is 117 Å². The third kappa shape index (κ3) is 90.0. The van der Waals surface area contributed by atoms with Gasteiger partial charge in [0.15, 0.2) is 0 Å². The van der Waals surface area contributed by atoms with Crippen LogP contribution in [0.4, 0.5) is 0 Å². The molecule has 0 spiro atoms. The van der Waals surface area contributed by atoms with Gasteiger partial charge in [-0.1, -0.05) is 72.9 Å². The predicted octanol–water partition coefficient (Wildman–Crippen LogP) is 10.5. The van der Waals surface area contributed by atoms with E-state index in [9.17, 15) is 9.59 Å². The van der Waals surface area contributed by atoms with Crippen LogP contribution in [0.5, 0.6) is 0 Å². The Balaban J connectivity index is -0.0000000280. The van der Waals surface area contributed by atoms with Crippen LogP contribution in [0.15, 0.2) is 72.9 Å². The number of aliphatic hydroxyl groups excluding tert-OH is 2. The fraction of sp³-hybridized carbons (Fsp3) is 0.459. The van der Waals surface area contributed by atoms with Crippen LogP contribution in [-0.2, 0) is 69.9 Å². The Morgan fingerprint density at radius 1 is 0.364 bits per heavy atom. The molecule has 0 aliphatic heterocycles. The van der Waals surface area contributed by atoms with E-state index in [1.165, 1.54) is 90.9 Å². The van der Waals surface area contributed by atoms with Gasteiger partial charge in [0.25, 0.3) is 0 Å². The van der Waals surface area contributed by atoms with Crippen LogP contribution in [-0.4, -0.2) is 36.0 Å². The van der Waals surface area contributed by atoms with Gasteiger partial charge in [-0.15, -0.1) is 0 Å². The number of allylic oxidation sites excluding steroid dienone is 12. The van der Waals surface area contributed by atoms with Crippen LogP contribution < -0.4 is 0 Å². The smallest absolute Gasteiger partial charge is 0.137 e. The molecule has 3 radical (unpaired) electrons. The molecule has 0 aromatic heterocycles. The minimum atomic E-state index is -0.0625. The second-order valence-electron chi connectivity index (χ2n) is 7.87. The maximum absolute atomic E-state index is 10.0. The first-order valence-corrected chi connectivity index (χ1v) is 12.9. The van der Waals surface area contributed by atoms with Gasteiger partial charge in [0, 0.05) is 74.5 Å². The van der Waals surface area contributed by atoms with Crippen LogP contribution in [0.25, 0.3) is 0 Å². The summed E-state index contributed by atoms with van der Waals surface area (Å²) in [6, 6.07) is 0. The van der Waals surface area contributed by atoms with Crippen LogP contribution in [0, 0.1) is 44.6 Å². The number of hydrogen-bond donors (Lipinski definition) is 2. The average Bonchev–Trinajstić information content (AvgIpc) is 2.76. The summed E-state index contributed by atoms with van der Waals surface area (Å²) in [6.45, 7) is 2.81. The van der Waals surface area contributed by atoms with Crippen LogP contribution in [0.1, 0.15) is 97.3 Å². The van der Waals surface area contributed by atoms with Crippen molar-refractivity contribution < 1.29 is 80.1 Å². The molecule has 2 N–H and O–H groups in total. The summed E-state index contributed by atoms with van der Waals surface area (Å²) < 4.78 is 0. The molecular weight excluding hydrogens is 1090 g/mol. The summed E-state index contributed by atoms with van der Waals surface area (Å²) in [7, 11) is 2.00. The molecule has 0 heterocycles. The minimum Gasteiger partial charge on any atom is -0.400 e. The van der Waals surface area contributed by atoms with Crippen molar-refractivity contribution in [1.82, 2.24) is 0 Å². The average molecular weight is 1160 g/mol. The first kappa shape index (κ1) is 79.3. The molecule has 0 saturated heterocycles. The van der Waals surface area contributed by atoms with E-state index >= 15 is 0 Å². The van der Waals surface area contributed by atoms with Gasteiger partial charge in [-0.25, -0.2) is 0 Å². The fourth-order valence-corrected chi connectivity index (χ4v) is 2.92. The molecule has 3 aliphatic carbocycles. The van der Waals surface area contributed by atoms with Crippen molar-refractivity contribution >= 4 is 11.6 Å². The monoisotopic (exact) mass is 1160 g/mol. The Morgan fingerprint density at radius 3 is 0.500 bits per heavy atom. The Kier molecular flexibility index (Phi) is 142. The summed E-state index contributed by atoms with van der Waals surface area (Å²) in [4.78, 5) is 20.1. The first-order valence-electron chi connectivity index (χ1n) is 12.9. The summed E-state index contributed by atoms with van der Waals surface area (Å²) >= 11 is 0. The normalized spacial score (nSPS) is 14.7. The minimum absolute atomic E-state index is 0. The van der Waals surface area contributed by atoms with Gasteiger partial charge in [-0.2, -0.15) is 0 Å². The van der Waals surface area contributed by atoms with E-state index < -0.39 is 0 Å². The number of rotatable bonds is 2. The third-order valence-electron chi connectivity index (χ3n) is 4.50. The molecular formula is C37H70Ir3O4-6. The number of aliphatic hydroxyl groups is 2. The van der Waals surface area contributed by atoms with Crippen molar-refractivity contribution in [3.63, 3.8) is 0 Å². The van der Waals surface area contributed by atoms with E-state index in [4.69, 9.17) is 10.2 Å². The van der Waals surface area contributed by atoms with Gasteiger partial charge < -0.3 is 54.8 Å². The van der Waals surface area contributed by atoms with Gasteiger partial charge in [0.05, 0.1) is 6.42 Å². The SMILES string of the molecule is C1=CCC/C=C\CC1.C1=CCC/C=C\CC1.C1=CCC/C=C\CC1.CC(=O)CC(C)=O.CO.CO.[CH3-].[CH3-].[CH3-].[CH3-].[CH3-].[CH3-].[Ir].[Ir].[Ir]. The second-order valence-corrected chi connectivity index (χ2v) is 7.87. The van der Waals surface area contributed by atoms with E-state index in [1.807, 2.05) is 0 Å². The predicted molar refractivity (Wildman–Crippen MR) is 191 cm³/mol. The Morgan fingerprint density at radius 2 is 0.455 bits per heavy atom. The topological polar surface area (TPSA) is 74.6 Å². The molecule has 0 fully saturated rings. The number of carbonyl (C=O) groups is 2. The summed E-state index contributed by atoms with van der Waals surface area (Å²) in [6.07, 6.45) is 42.1. The number of hydrogen-bond acceptors (Lipinski definition) is 4. The third-order valence-corrected chi connectivity index (χ3v) is 4.50. The van der Waals surface area contributed by atoms with Crippen LogP contribution >= 0.6 is 0 Å². The first-order chi connectivity index (χ1) is 17.1. The van der Waals surface area contributed by atoms with Gasteiger partial charge in [-0.3, -0.25) is 9.59 Å². The molecule has 275 valence electrons. The molecule has 0 saturated carbocycles. The zero-order valence-electron chi connectivity index (χ0n) is 29.8. The van der Waals surface area contributed by atoms with Gasteiger partial charge >= 0.3 is 0 Å². The van der Waals surface area contributed by atoms with E-state index in [-0.39, 0.29) is 123 Å². The van der Waals surface area contributed by atoms with Crippen molar-refractivity contribution in [2.75, 3.05) is 14.2 Å². The molecule has 0 atom stereocenters. The summed E-state index contributed by atoms with van der Waals surface area (Å²) in [5.74, 6) is -0.125. The maximum atomic E-state index is 10.0.